The van der Waals surface area contributed by atoms with Gasteiger partial charge in [-0.3, -0.25) is 4.79 Å². The van der Waals surface area contributed by atoms with Crippen LogP contribution in [0.25, 0.3) is 0 Å². The smallest absolute Gasteiger partial charge is 0.326 e. The van der Waals surface area contributed by atoms with E-state index >= 15 is 0 Å². The van der Waals surface area contributed by atoms with Crippen LogP contribution in [0.3, 0.4) is 0 Å². The molecule has 178 valence electrons. The normalized spacial score (nSPS) is 16.5. The maximum absolute atomic E-state index is 12.6. The summed E-state index contributed by atoms with van der Waals surface area (Å²) in [5.41, 5.74) is 2.24. The molecule has 2 atom stereocenters. The molecule has 0 bridgehead atoms. The second-order valence-electron chi connectivity index (χ2n) is 7.83. The molecule has 1 aliphatic rings. The van der Waals surface area contributed by atoms with Crippen LogP contribution < -0.4 is 10.2 Å². The molecule has 1 aliphatic carbocycles. The highest BCUT2D eigenvalue weighted by Gasteiger charge is 2.23. The van der Waals surface area contributed by atoms with E-state index in [1.165, 1.54) is 12.1 Å². The number of anilines is 1. The van der Waals surface area contributed by atoms with Gasteiger partial charge in [0.2, 0.25) is 5.95 Å². The van der Waals surface area contributed by atoms with E-state index in [9.17, 15) is 14.7 Å². The third kappa shape index (κ3) is 6.24. The number of rotatable bonds is 9. The van der Waals surface area contributed by atoms with Crippen molar-refractivity contribution in [1.82, 2.24) is 15.3 Å². The summed E-state index contributed by atoms with van der Waals surface area (Å²) in [6.45, 7) is 4.93. The van der Waals surface area contributed by atoms with E-state index in [4.69, 9.17) is 23.2 Å². The Morgan fingerprint density at radius 1 is 1.21 bits per heavy atom. The number of hydrogen-bond acceptors (Lipinski definition) is 5. The van der Waals surface area contributed by atoms with Gasteiger partial charge in [-0.25, -0.2) is 14.8 Å². The molecule has 3 rings (SSSR count). The number of nitrogens with one attached hydrogen (secondary N) is 1. The first kappa shape index (κ1) is 25.5. The first-order valence-corrected chi connectivity index (χ1v) is 11.7. The van der Waals surface area contributed by atoms with Crippen molar-refractivity contribution < 1.29 is 14.7 Å². The number of carbonyl (C=O) groups excluding carboxylic acids is 1. The van der Waals surface area contributed by atoms with Crippen molar-refractivity contribution in [3.05, 3.63) is 87.8 Å². The molecule has 0 spiro atoms. The summed E-state index contributed by atoms with van der Waals surface area (Å²) in [7, 11) is 0. The number of allylic oxidation sites excluding steroid dienone is 5. The third-order valence-corrected chi connectivity index (χ3v) is 6.06. The van der Waals surface area contributed by atoms with E-state index in [0.29, 0.717) is 5.95 Å². The van der Waals surface area contributed by atoms with Crippen LogP contribution >= 0.6 is 23.2 Å². The summed E-state index contributed by atoms with van der Waals surface area (Å²) in [5.74, 6) is -0.882. The van der Waals surface area contributed by atoms with E-state index in [0.717, 1.165) is 24.2 Å². The lowest BCUT2D eigenvalue weighted by Gasteiger charge is -2.30. The second-order valence-corrected chi connectivity index (χ2v) is 8.64. The van der Waals surface area contributed by atoms with Crippen molar-refractivity contribution in [2.24, 2.45) is 5.92 Å². The van der Waals surface area contributed by atoms with Crippen molar-refractivity contribution in [3.63, 3.8) is 0 Å². The van der Waals surface area contributed by atoms with Crippen molar-refractivity contribution >= 4 is 41.0 Å². The molecular weight excluding hydrogens is 475 g/mol. The Balaban J connectivity index is 1.68. The molecule has 2 aromatic rings. The van der Waals surface area contributed by atoms with Crippen molar-refractivity contribution in [3.8, 4) is 0 Å². The zero-order valence-electron chi connectivity index (χ0n) is 18.9. The van der Waals surface area contributed by atoms with Gasteiger partial charge < -0.3 is 15.3 Å². The standard InChI is InChI=1S/C25H26Cl2N4O3/c1-3-31(25-28-13-6-14-29-25)21-12-11-17(15-16(21)2)7-4-10-20(24(33)34)30-23(32)22-18(26)8-5-9-19(22)27/h4-9,11-14,16,20H,3,10,15H2,1-2H3,(H,30,32)(H,33,34)/b7-4+. The fraction of sp³-hybridized carbons (Fsp3) is 0.280. The van der Waals surface area contributed by atoms with Crippen LogP contribution in [0, 0.1) is 5.92 Å². The van der Waals surface area contributed by atoms with Gasteiger partial charge in [0.1, 0.15) is 6.04 Å². The van der Waals surface area contributed by atoms with Crippen LogP contribution in [-0.4, -0.2) is 39.5 Å². The molecular formula is C25H26Cl2N4O3. The Morgan fingerprint density at radius 2 is 1.88 bits per heavy atom. The highest BCUT2D eigenvalue weighted by molar-refractivity contribution is 6.39. The molecule has 2 N–H and O–H groups in total. The van der Waals surface area contributed by atoms with Crippen LogP contribution in [0.1, 0.15) is 37.0 Å². The molecule has 0 saturated carbocycles. The maximum Gasteiger partial charge on any atom is 0.326 e. The first-order chi connectivity index (χ1) is 16.3. The summed E-state index contributed by atoms with van der Waals surface area (Å²) in [5, 5.41) is 12.4. The topological polar surface area (TPSA) is 95.4 Å². The predicted octanol–water partition coefficient (Wildman–Crippen LogP) is 5.29. The monoisotopic (exact) mass is 500 g/mol. The lowest BCUT2D eigenvalue weighted by molar-refractivity contribution is -0.139. The van der Waals surface area contributed by atoms with Gasteiger partial charge in [0, 0.05) is 30.6 Å². The van der Waals surface area contributed by atoms with Gasteiger partial charge in [0.15, 0.2) is 0 Å². The Hall–Kier alpha value is -3.16. The van der Waals surface area contributed by atoms with Crippen LogP contribution in [0.5, 0.6) is 0 Å². The summed E-state index contributed by atoms with van der Waals surface area (Å²) < 4.78 is 0. The van der Waals surface area contributed by atoms with Crippen molar-refractivity contribution in [2.45, 2.75) is 32.7 Å². The number of amides is 1. The average molecular weight is 501 g/mol. The number of aliphatic carboxylic acids is 1. The molecule has 9 heteroatoms. The SMILES string of the molecule is CCN(C1=CC=C(/C=C/CC(NC(=O)c2c(Cl)cccc2Cl)C(=O)O)CC1C)c1ncccn1. The number of hydrogen-bond donors (Lipinski definition) is 2. The van der Waals surface area contributed by atoms with E-state index in [2.05, 4.69) is 34.0 Å². The van der Waals surface area contributed by atoms with Gasteiger partial charge >= 0.3 is 5.97 Å². The molecule has 34 heavy (non-hydrogen) atoms. The van der Waals surface area contributed by atoms with Crippen LogP contribution in [0.15, 0.2) is 72.2 Å². The quantitative estimate of drug-likeness (QED) is 0.485. The molecule has 1 amide bonds. The molecule has 0 saturated heterocycles. The molecule has 1 aromatic heterocycles. The minimum Gasteiger partial charge on any atom is -0.480 e. The Kier molecular flexibility index (Phi) is 8.85. The zero-order chi connectivity index (χ0) is 24.7. The highest BCUT2D eigenvalue weighted by atomic mass is 35.5. The Labute approximate surface area is 208 Å². The number of carbonyl (C=O) groups is 2. The van der Waals surface area contributed by atoms with E-state index < -0.39 is 17.9 Å². The average Bonchev–Trinajstić information content (AvgIpc) is 2.80. The predicted molar refractivity (Wildman–Crippen MR) is 134 cm³/mol. The molecule has 0 fully saturated rings. The van der Waals surface area contributed by atoms with Gasteiger partial charge in [0.25, 0.3) is 5.91 Å². The van der Waals surface area contributed by atoms with Gasteiger partial charge in [-0.15, -0.1) is 0 Å². The minimum atomic E-state index is -1.14. The molecule has 1 aromatic carbocycles. The van der Waals surface area contributed by atoms with Gasteiger partial charge in [-0.05, 0) is 49.6 Å². The summed E-state index contributed by atoms with van der Waals surface area (Å²) in [6, 6.07) is 5.34. The minimum absolute atomic E-state index is 0.0606. The fourth-order valence-electron chi connectivity index (χ4n) is 3.75. The zero-order valence-corrected chi connectivity index (χ0v) is 20.4. The third-order valence-electron chi connectivity index (χ3n) is 5.43. The van der Waals surface area contributed by atoms with Crippen LogP contribution in [0.2, 0.25) is 10.0 Å². The number of carboxylic acid groups (broad SMARTS) is 1. The Morgan fingerprint density at radius 3 is 2.47 bits per heavy atom. The Bertz CT molecular complexity index is 1110. The van der Waals surface area contributed by atoms with E-state index in [1.807, 2.05) is 18.2 Å². The van der Waals surface area contributed by atoms with Crippen molar-refractivity contribution in [2.75, 3.05) is 11.4 Å². The lowest BCUT2D eigenvalue weighted by atomic mass is 9.91. The maximum atomic E-state index is 12.6. The first-order valence-electron chi connectivity index (χ1n) is 10.9. The van der Waals surface area contributed by atoms with E-state index in [1.54, 1.807) is 30.6 Å². The summed E-state index contributed by atoms with van der Waals surface area (Å²) in [6.07, 6.45) is 12.0. The molecule has 1 heterocycles. The number of nitrogens with zero attached hydrogens (tertiary/aromatic N) is 3. The van der Waals surface area contributed by atoms with Gasteiger partial charge in [-0.1, -0.05) is 54.4 Å². The summed E-state index contributed by atoms with van der Waals surface area (Å²) >= 11 is 12.1. The van der Waals surface area contributed by atoms with Gasteiger partial charge in [-0.2, -0.15) is 0 Å². The molecule has 7 nitrogen and oxygen atoms in total. The highest BCUT2D eigenvalue weighted by Crippen LogP contribution is 2.30. The van der Waals surface area contributed by atoms with Crippen LogP contribution in [0.4, 0.5) is 5.95 Å². The molecule has 2 unspecified atom stereocenters. The largest absolute Gasteiger partial charge is 0.480 e. The second kappa shape index (κ2) is 11.8. The van der Waals surface area contributed by atoms with Crippen molar-refractivity contribution in [1.29, 1.82) is 0 Å². The number of aromatic nitrogens is 2. The number of benzene rings is 1. The fourth-order valence-corrected chi connectivity index (χ4v) is 4.32. The molecule has 0 aliphatic heterocycles. The summed E-state index contributed by atoms with van der Waals surface area (Å²) in [4.78, 5) is 35.0. The van der Waals surface area contributed by atoms with E-state index in [-0.39, 0.29) is 27.9 Å². The number of carboxylic acids is 1. The number of halogens is 2. The lowest BCUT2D eigenvalue weighted by Crippen LogP contribution is -2.40. The van der Waals surface area contributed by atoms with Gasteiger partial charge in [0.05, 0.1) is 15.6 Å². The molecule has 0 radical (unpaired) electrons. The van der Waals surface area contributed by atoms with Crippen LogP contribution in [-0.2, 0) is 4.79 Å².